The van der Waals surface area contributed by atoms with Crippen LogP contribution in [0.5, 0.6) is 5.88 Å². The van der Waals surface area contributed by atoms with Gasteiger partial charge in [0.1, 0.15) is 12.1 Å². The predicted molar refractivity (Wildman–Crippen MR) is 95.3 cm³/mol. The largest absolute Gasteiger partial charge is 0.470 e. The molecule has 26 heavy (non-hydrogen) atoms. The second-order valence-electron chi connectivity index (χ2n) is 6.23. The lowest BCUT2D eigenvalue weighted by molar-refractivity contribution is -0.385. The summed E-state index contributed by atoms with van der Waals surface area (Å²) in [7, 11) is 0. The van der Waals surface area contributed by atoms with Crippen molar-refractivity contribution in [3.63, 3.8) is 0 Å². The maximum Gasteiger partial charge on any atom is 0.372 e. The Morgan fingerprint density at radius 3 is 2.31 bits per heavy atom. The molecule has 1 saturated heterocycles. The topological polar surface area (TPSA) is 84.6 Å². The highest BCUT2D eigenvalue weighted by molar-refractivity contribution is 5.63. The lowest BCUT2D eigenvalue weighted by Crippen LogP contribution is -2.47. The van der Waals surface area contributed by atoms with Gasteiger partial charge in [-0.05, 0) is 38.1 Å². The fourth-order valence-electron chi connectivity index (χ4n) is 2.88. The second-order valence-corrected chi connectivity index (χ2v) is 6.23. The second kappa shape index (κ2) is 7.51. The Bertz CT molecular complexity index is 776. The lowest BCUT2D eigenvalue weighted by atomic mass is 10.2. The van der Waals surface area contributed by atoms with E-state index in [0.717, 1.165) is 5.69 Å². The molecule has 2 heterocycles. The van der Waals surface area contributed by atoms with Gasteiger partial charge in [0.05, 0.1) is 11.0 Å². The zero-order chi connectivity index (χ0) is 18.7. The average molecular weight is 361 g/mol. The highest BCUT2D eigenvalue weighted by Crippen LogP contribution is 2.34. The van der Waals surface area contributed by atoms with Crippen molar-refractivity contribution in [2.45, 2.75) is 20.0 Å². The van der Waals surface area contributed by atoms with Crippen LogP contribution in [0.15, 0.2) is 30.6 Å². The van der Waals surface area contributed by atoms with Crippen molar-refractivity contribution in [3.8, 4) is 5.88 Å². The number of rotatable bonds is 5. The van der Waals surface area contributed by atoms with Crippen molar-refractivity contribution < 1.29 is 14.1 Å². The third-order valence-electron chi connectivity index (χ3n) is 4.07. The van der Waals surface area contributed by atoms with Crippen LogP contribution in [0.4, 0.5) is 21.6 Å². The minimum atomic E-state index is -0.501. The molecule has 0 atom stereocenters. The Hall–Kier alpha value is -2.97. The van der Waals surface area contributed by atoms with Gasteiger partial charge in [-0.3, -0.25) is 10.1 Å². The molecule has 9 heteroatoms. The summed E-state index contributed by atoms with van der Waals surface area (Å²) < 4.78 is 18.5. The summed E-state index contributed by atoms with van der Waals surface area (Å²) >= 11 is 0. The number of aromatic nitrogens is 2. The number of nitro groups is 1. The fraction of sp³-hybridized carbons (Fsp3) is 0.412. The Balaban J connectivity index is 1.78. The van der Waals surface area contributed by atoms with E-state index in [1.807, 2.05) is 4.90 Å². The summed E-state index contributed by atoms with van der Waals surface area (Å²) in [5, 5.41) is 11.6. The Morgan fingerprint density at radius 1 is 1.12 bits per heavy atom. The van der Waals surface area contributed by atoms with Crippen molar-refractivity contribution in [2.24, 2.45) is 0 Å². The maximum absolute atomic E-state index is 13.1. The quantitative estimate of drug-likeness (QED) is 0.598. The van der Waals surface area contributed by atoms with E-state index in [9.17, 15) is 14.5 Å². The number of halogens is 1. The van der Waals surface area contributed by atoms with Crippen molar-refractivity contribution in [1.82, 2.24) is 9.97 Å². The molecule has 1 aliphatic rings. The highest BCUT2D eigenvalue weighted by Gasteiger charge is 2.30. The van der Waals surface area contributed by atoms with Crippen molar-refractivity contribution in [2.75, 3.05) is 36.0 Å². The number of nitrogens with zero attached hydrogens (tertiary/aromatic N) is 5. The van der Waals surface area contributed by atoms with Crippen LogP contribution in [-0.4, -0.2) is 47.2 Å². The molecular weight excluding hydrogens is 341 g/mol. The minimum absolute atomic E-state index is 0.0176. The van der Waals surface area contributed by atoms with Crippen LogP contribution in [0.2, 0.25) is 0 Å². The highest BCUT2D eigenvalue weighted by atomic mass is 19.1. The molecule has 1 aromatic heterocycles. The number of piperazine rings is 1. The molecule has 138 valence electrons. The summed E-state index contributed by atoms with van der Waals surface area (Å²) in [4.78, 5) is 23.1. The number of hydrogen-bond donors (Lipinski definition) is 0. The smallest absolute Gasteiger partial charge is 0.372 e. The summed E-state index contributed by atoms with van der Waals surface area (Å²) in [5.74, 6) is -0.0305. The lowest BCUT2D eigenvalue weighted by Gasteiger charge is -2.36. The van der Waals surface area contributed by atoms with Crippen LogP contribution in [0.1, 0.15) is 13.8 Å². The first-order chi connectivity index (χ1) is 12.5. The molecule has 2 aromatic rings. The van der Waals surface area contributed by atoms with E-state index < -0.39 is 4.92 Å². The molecule has 0 bridgehead atoms. The number of anilines is 2. The van der Waals surface area contributed by atoms with Crippen LogP contribution in [0, 0.1) is 15.9 Å². The van der Waals surface area contributed by atoms with E-state index in [4.69, 9.17) is 4.74 Å². The molecule has 0 N–H and O–H groups in total. The van der Waals surface area contributed by atoms with Crippen molar-refractivity contribution in [1.29, 1.82) is 0 Å². The van der Waals surface area contributed by atoms with Crippen LogP contribution < -0.4 is 14.5 Å². The SMILES string of the molecule is CC(C)Oc1ncnc(N2CCN(c3ccc(F)cc3)CC2)c1[N+](=O)[O-]. The zero-order valence-electron chi connectivity index (χ0n) is 14.6. The van der Waals surface area contributed by atoms with Crippen LogP contribution >= 0.6 is 0 Å². The first-order valence-corrected chi connectivity index (χ1v) is 8.37. The van der Waals surface area contributed by atoms with Gasteiger partial charge >= 0.3 is 5.69 Å². The van der Waals surface area contributed by atoms with Crippen molar-refractivity contribution >= 4 is 17.2 Å². The van der Waals surface area contributed by atoms with E-state index in [1.165, 1.54) is 18.5 Å². The van der Waals surface area contributed by atoms with Gasteiger partial charge in [0.2, 0.25) is 5.82 Å². The van der Waals surface area contributed by atoms with Gasteiger partial charge in [0.25, 0.3) is 5.88 Å². The number of ether oxygens (including phenoxy) is 1. The van der Waals surface area contributed by atoms with E-state index in [1.54, 1.807) is 26.0 Å². The monoisotopic (exact) mass is 361 g/mol. The standard InChI is InChI=1S/C17H20FN5O3/c1-12(2)26-17-15(23(24)25)16(19-11-20-17)22-9-7-21(8-10-22)14-5-3-13(18)4-6-14/h3-6,11-12H,7-10H2,1-2H3. The van der Waals surface area contributed by atoms with Gasteiger partial charge in [-0.15, -0.1) is 0 Å². The van der Waals surface area contributed by atoms with Crippen LogP contribution in [-0.2, 0) is 0 Å². The van der Waals surface area contributed by atoms with Crippen molar-refractivity contribution in [3.05, 3.63) is 46.5 Å². The normalized spacial score (nSPS) is 14.6. The van der Waals surface area contributed by atoms with Gasteiger partial charge in [-0.25, -0.2) is 9.37 Å². The molecule has 0 spiro atoms. The Labute approximate surface area is 150 Å². The van der Waals surface area contributed by atoms with Gasteiger partial charge in [-0.1, -0.05) is 0 Å². The first kappa shape index (κ1) is 17.8. The van der Waals surface area contributed by atoms with Gasteiger partial charge in [-0.2, -0.15) is 4.98 Å². The van der Waals surface area contributed by atoms with Gasteiger partial charge in [0, 0.05) is 31.9 Å². The minimum Gasteiger partial charge on any atom is -0.470 e. The fourth-order valence-corrected chi connectivity index (χ4v) is 2.88. The Kier molecular flexibility index (Phi) is 5.15. The third kappa shape index (κ3) is 3.81. The Morgan fingerprint density at radius 2 is 1.73 bits per heavy atom. The first-order valence-electron chi connectivity index (χ1n) is 8.37. The van der Waals surface area contributed by atoms with E-state index in [-0.39, 0.29) is 29.3 Å². The average Bonchev–Trinajstić information content (AvgIpc) is 2.61. The molecule has 0 saturated carbocycles. The van der Waals surface area contributed by atoms with Gasteiger partial charge < -0.3 is 14.5 Å². The van der Waals surface area contributed by atoms with E-state index >= 15 is 0 Å². The molecule has 1 fully saturated rings. The van der Waals surface area contributed by atoms with E-state index in [0.29, 0.717) is 26.2 Å². The summed E-state index contributed by atoms with van der Waals surface area (Å²) in [6.07, 6.45) is 1.05. The third-order valence-corrected chi connectivity index (χ3v) is 4.07. The molecule has 1 aromatic carbocycles. The molecule has 0 radical (unpaired) electrons. The summed E-state index contributed by atoms with van der Waals surface area (Å²) in [6.45, 7) is 5.97. The summed E-state index contributed by atoms with van der Waals surface area (Å²) in [5.41, 5.74) is 0.712. The van der Waals surface area contributed by atoms with Crippen LogP contribution in [0.25, 0.3) is 0 Å². The maximum atomic E-state index is 13.1. The van der Waals surface area contributed by atoms with Gasteiger partial charge in [0.15, 0.2) is 0 Å². The summed E-state index contributed by atoms with van der Waals surface area (Å²) in [6, 6.07) is 6.30. The molecule has 8 nitrogen and oxygen atoms in total. The molecule has 3 rings (SSSR count). The van der Waals surface area contributed by atoms with Crippen LogP contribution in [0.3, 0.4) is 0 Å². The number of benzene rings is 1. The zero-order valence-corrected chi connectivity index (χ0v) is 14.6. The van der Waals surface area contributed by atoms with E-state index in [2.05, 4.69) is 14.9 Å². The predicted octanol–water partition coefficient (Wildman–Crippen LogP) is 2.64. The number of hydrogen-bond acceptors (Lipinski definition) is 7. The molecule has 0 amide bonds. The molecule has 0 aliphatic carbocycles. The molecule has 1 aliphatic heterocycles. The molecular formula is C17H20FN5O3. The molecule has 0 unspecified atom stereocenters.